The Balaban J connectivity index is 3.41. The van der Waals surface area contributed by atoms with Crippen molar-refractivity contribution in [2.75, 3.05) is 6.54 Å². The first-order valence-electron chi connectivity index (χ1n) is 11.0. The Bertz CT molecular complexity index is 842. The van der Waals surface area contributed by atoms with Gasteiger partial charge in [0, 0.05) is 11.1 Å². The summed E-state index contributed by atoms with van der Waals surface area (Å²) in [5, 5.41) is 5.55. The number of carbonyl (C=O) groups excluding carboxylic acids is 3. The molecule has 32 heavy (non-hydrogen) atoms. The van der Waals surface area contributed by atoms with Gasteiger partial charge in [0.25, 0.3) is 0 Å². The first kappa shape index (κ1) is 27.5. The van der Waals surface area contributed by atoms with E-state index in [4.69, 9.17) is 4.74 Å². The summed E-state index contributed by atoms with van der Waals surface area (Å²) < 4.78 is 5.25. The summed E-state index contributed by atoms with van der Waals surface area (Å²) >= 11 is 0. The minimum absolute atomic E-state index is 0.272. The summed E-state index contributed by atoms with van der Waals surface area (Å²) in [5.74, 6) is -0.648. The van der Waals surface area contributed by atoms with E-state index in [1.54, 1.807) is 25.7 Å². The van der Waals surface area contributed by atoms with E-state index in [0.717, 1.165) is 16.7 Å². The molecule has 7 heteroatoms. The molecule has 7 nitrogen and oxygen atoms in total. The third-order valence-electron chi connectivity index (χ3n) is 4.72. The van der Waals surface area contributed by atoms with Crippen molar-refractivity contribution in [2.45, 2.75) is 98.9 Å². The van der Waals surface area contributed by atoms with Gasteiger partial charge in [-0.1, -0.05) is 18.2 Å². The van der Waals surface area contributed by atoms with E-state index in [0.29, 0.717) is 0 Å². The molecule has 1 rings (SSSR count). The summed E-state index contributed by atoms with van der Waals surface area (Å²) in [7, 11) is 0. The molecule has 0 spiro atoms. The van der Waals surface area contributed by atoms with E-state index in [1.165, 1.54) is 0 Å². The molecule has 0 aliphatic heterocycles. The first-order valence-corrected chi connectivity index (χ1v) is 11.0. The number of alkyl carbamates (subject to hydrolysis) is 1. The molecule has 1 aromatic carbocycles. The number of benzene rings is 1. The highest BCUT2D eigenvalue weighted by Gasteiger charge is 2.40. The predicted molar refractivity (Wildman–Crippen MR) is 127 cm³/mol. The molecule has 1 aromatic rings. The van der Waals surface area contributed by atoms with Crippen LogP contribution in [-0.2, 0) is 14.3 Å². The van der Waals surface area contributed by atoms with Gasteiger partial charge < -0.3 is 20.3 Å². The normalized spacial score (nSPS) is 13.2. The number of nitrogens with zero attached hydrogens (tertiary/aromatic N) is 1. The van der Waals surface area contributed by atoms with Gasteiger partial charge in [-0.15, -0.1) is 0 Å². The zero-order chi connectivity index (χ0) is 25.1. The third-order valence-corrected chi connectivity index (χ3v) is 4.72. The molecule has 0 radical (unpaired) electrons. The number of hydrogen-bond acceptors (Lipinski definition) is 4. The Hall–Kier alpha value is -2.57. The van der Waals surface area contributed by atoms with E-state index in [1.807, 2.05) is 73.6 Å². The highest BCUT2D eigenvalue weighted by Crippen LogP contribution is 2.32. The number of hydrogen-bond donors (Lipinski definition) is 2. The molecule has 3 amide bonds. The van der Waals surface area contributed by atoms with E-state index in [2.05, 4.69) is 10.6 Å². The number of ether oxygens (including phenoxy) is 1. The molecule has 0 heterocycles. The Morgan fingerprint density at radius 2 is 1.53 bits per heavy atom. The monoisotopic (exact) mass is 447 g/mol. The van der Waals surface area contributed by atoms with Crippen molar-refractivity contribution in [3.8, 4) is 0 Å². The topological polar surface area (TPSA) is 87.7 Å². The van der Waals surface area contributed by atoms with Crippen LogP contribution >= 0.6 is 0 Å². The Labute approximate surface area is 193 Å². The molecule has 2 N–H and O–H groups in total. The Morgan fingerprint density at radius 1 is 0.969 bits per heavy atom. The van der Waals surface area contributed by atoms with Crippen molar-refractivity contribution in [1.29, 1.82) is 0 Å². The van der Waals surface area contributed by atoms with Crippen LogP contribution in [0.2, 0.25) is 0 Å². The van der Waals surface area contributed by atoms with Crippen LogP contribution in [0.1, 0.15) is 85.0 Å². The van der Waals surface area contributed by atoms with Gasteiger partial charge in [-0.3, -0.25) is 9.59 Å². The lowest BCUT2D eigenvalue weighted by molar-refractivity contribution is -0.146. The Morgan fingerprint density at radius 3 is 2.00 bits per heavy atom. The van der Waals surface area contributed by atoms with Crippen LogP contribution in [0.4, 0.5) is 4.79 Å². The second kappa shape index (κ2) is 9.92. The maximum atomic E-state index is 13.5. The predicted octanol–water partition coefficient (Wildman–Crippen LogP) is 4.41. The average molecular weight is 448 g/mol. The Kier molecular flexibility index (Phi) is 8.52. The fourth-order valence-corrected chi connectivity index (χ4v) is 3.36. The van der Waals surface area contributed by atoms with Crippen molar-refractivity contribution in [1.82, 2.24) is 15.5 Å². The molecule has 180 valence electrons. The van der Waals surface area contributed by atoms with E-state index >= 15 is 0 Å². The maximum Gasteiger partial charge on any atom is 0.408 e. The quantitative estimate of drug-likeness (QED) is 0.700. The lowest BCUT2D eigenvalue weighted by Gasteiger charge is -2.42. The van der Waals surface area contributed by atoms with Crippen LogP contribution in [0.3, 0.4) is 0 Å². The molecule has 0 bridgehead atoms. The van der Waals surface area contributed by atoms with E-state index in [-0.39, 0.29) is 18.4 Å². The lowest BCUT2D eigenvalue weighted by atomic mass is 9.91. The molecule has 0 aromatic heterocycles. The standard InChI is InChI=1S/C25H41N3O4/c1-16-13-12-14-18(17(16)2)20(21(30)27-23(3,4)5)28(24(6,7)8)19(29)15-26-22(31)32-25(9,10)11/h12-14,20H,15H2,1-11H3,(H,26,31)(H,27,30). The van der Waals surface area contributed by atoms with Crippen LogP contribution in [0.25, 0.3) is 0 Å². The van der Waals surface area contributed by atoms with Gasteiger partial charge in [-0.05, 0) is 92.9 Å². The van der Waals surface area contributed by atoms with Gasteiger partial charge in [-0.25, -0.2) is 4.79 Å². The van der Waals surface area contributed by atoms with Crippen molar-refractivity contribution < 1.29 is 19.1 Å². The van der Waals surface area contributed by atoms with E-state index < -0.39 is 28.8 Å². The van der Waals surface area contributed by atoms with Crippen LogP contribution in [0.15, 0.2) is 18.2 Å². The maximum absolute atomic E-state index is 13.5. The number of carbonyl (C=O) groups is 3. The zero-order valence-corrected chi connectivity index (χ0v) is 21.6. The minimum Gasteiger partial charge on any atom is -0.444 e. The molecule has 1 unspecified atom stereocenters. The first-order chi connectivity index (χ1) is 14.3. The second-order valence-electron chi connectivity index (χ2n) is 11.2. The molecule has 0 saturated heterocycles. The highest BCUT2D eigenvalue weighted by molar-refractivity contribution is 5.91. The summed E-state index contributed by atoms with van der Waals surface area (Å²) in [6, 6.07) is 4.88. The minimum atomic E-state index is -0.859. The summed E-state index contributed by atoms with van der Waals surface area (Å²) in [6.07, 6.45) is -0.679. The molecule has 0 saturated carbocycles. The molecule has 0 aliphatic rings. The molecular weight excluding hydrogens is 406 g/mol. The summed E-state index contributed by atoms with van der Waals surface area (Å²) in [5.41, 5.74) is 0.891. The fourth-order valence-electron chi connectivity index (χ4n) is 3.36. The van der Waals surface area contributed by atoms with Crippen LogP contribution in [0.5, 0.6) is 0 Å². The number of nitrogens with one attached hydrogen (secondary N) is 2. The van der Waals surface area contributed by atoms with Crippen molar-refractivity contribution in [2.24, 2.45) is 0 Å². The fraction of sp³-hybridized carbons (Fsp3) is 0.640. The van der Waals surface area contributed by atoms with Gasteiger partial charge in [-0.2, -0.15) is 0 Å². The van der Waals surface area contributed by atoms with Crippen molar-refractivity contribution in [3.63, 3.8) is 0 Å². The van der Waals surface area contributed by atoms with Gasteiger partial charge in [0.1, 0.15) is 18.2 Å². The molecular formula is C25H41N3O4. The van der Waals surface area contributed by atoms with Crippen molar-refractivity contribution in [3.05, 3.63) is 34.9 Å². The zero-order valence-electron chi connectivity index (χ0n) is 21.6. The average Bonchev–Trinajstić information content (AvgIpc) is 2.56. The third kappa shape index (κ3) is 8.17. The van der Waals surface area contributed by atoms with Crippen LogP contribution in [0, 0.1) is 13.8 Å². The van der Waals surface area contributed by atoms with Crippen LogP contribution in [-0.4, -0.2) is 46.0 Å². The van der Waals surface area contributed by atoms with Crippen LogP contribution < -0.4 is 10.6 Å². The SMILES string of the molecule is Cc1cccc(C(C(=O)NC(C)(C)C)N(C(=O)CNC(=O)OC(C)(C)C)C(C)(C)C)c1C. The largest absolute Gasteiger partial charge is 0.444 e. The van der Waals surface area contributed by atoms with Gasteiger partial charge in [0.05, 0.1) is 0 Å². The van der Waals surface area contributed by atoms with Gasteiger partial charge >= 0.3 is 6.09 Å². The van der Waals surface area contributed by atoms with Gasteiger partial charge in [0.15, 0.2) is 0 Å². The molecule has 1 atom stereocenters. The number of rotatable bonds is 5. The van der Waals surface area contributed by atoms with E-state index in [9.17, 15) is 14.4 Å². The summed E-state index contributed by atoms with van der Waals surface area (Å²) in [4.78, 5) is 40.6. The smallest absolute Gasteiger partial charge is 0.408 e. The highest BCUT2D eigenvalue weighted by atomic mass is 16.6. The second-order valence-corrected chi connectivity index (χ2v) is 11.2. The summed E-state index contributed by atoms with van der Waals surface area (Å²) in [6.45, 7) is 20.2. The van der Waals surface area contributed by atoms with Crippen molar-refractivity contribution >= 4 is 17.9 Å². The molecule has 0 aliphatic carbocycles. The number of aryl methyl sites for hydroxylation is 1. The number of amides is 3. The molecule has 0 fully saturated rings. The lowest BCUT2D eigenvalue weighted by Crippen LogP contribution is -2.57. The van der Waals surface area contributed by atoms with Gasteiger partial charge in [0.2, 0.25) is 11.8 Å².